The van der Waals surface area contributed by atoms with E-state index in [2.05, 4.69) is 34.4 Å². The van der Waals surface area contributed by atoms with Gasteiger partial charge in [0, 0.05) is 30.6 Å². The number of ether oxygens (including phenoxy) is 1. The summed E-state index contributed by atoms with van der Waals surface area (Å²) >= 11 is 0. The first-order chi connectivity index (χ1) is 15.9. The number of para-hydroxylation sites is 1. The van der Waals surface area contributed by atoms with Crippen LogP contribution < -0.4 is 10.6 Å². The number of hydrogen-bond acceptors (Lipinski definition) is 6. The van der Waals surface area contributed by atoms with Crippen LogP contribution in [-0.2, 0) is 16.0 Å². The number of benzene rings is 1. The zero-order valence-electron chi connectivity index (χ0n) is 20.1. The van der Waals surface area contributed by atoms with E-state index in [0.29, 0.717) is 18.7 Å². The summed E-state index contributed by atoms with van der Waals surface area (Å²) in [6.07, 6.45) is 5.45. The number of aliphatic imine (C=N–C) groups is 1. The van der Waals surface area contributed by atoms with Crippen molar-refractivity contribution in [2.45, 2.75) is 46.5 Å². The van der Waals surface area contributed by atoms with Gasteiger partial charge in [0.15, 0.2) is 0 Å². The lowest BCUT2D eigenvalue weighted by atomic mass is 9.76. The van der Waals surface area contributed by atoms with Gasteiger partial charge in [0.05, 0.1) is 12.0 Å². The Morgan fingerprint density at radius 2 is 1.94 bits per heavy atom. The van der Waals surface area contributed by atoms with Crippen LogP contribution >= 0.6 is 0 Å². The first kappa shape index (κ1) is 26.5. The minimum absolute atomic E-state index is 0.240. The van der Waals surface area contributed by atoms with Crippen LogP contribution in [0.2, 0.25) is 0 Å². The number of aliphatic carboxylic acids is 1. The Hall–Kier alpha value is -2.71. The van der Waals surface area contributed by atoms with Crippen LogP contribution in [0.5, 0.6) is 0 Å². The molecule has 1 atom stereocenters. The van der Waals surface area contributed by atoms with Gasteiger partial charge in [-0.2, -0.15) is 0 Å². The summed E-state index contributed by atoms with van der Waals surface area (Å²) in [4.78, 5) is 31.1. The van der Waals surface area contributed by atoms with Crippen LogP contribution in [0.4, 0.5) is 10.5 Å². The third kappa shape index (κ3) is 8.29. The minimum Gasteiger partial charge on any atom is -0.481 e. The van der Waals surface area contributed by atoms with E-state index < -0.39 is 17.5 Å². The lowest BCUT2D eigenvalue weighted by Gasteiger charge is -2.30. The normalized spacial score (nSPS) is 17.6. The highest BCUT2D eigenvalue weighted by Gasteiger charge is 2.39. The second-order valence-corrected chi connectivity index (χ2v) is 8.24. The second kappa shape index (κ2) is 13.7. The van der Waals surface area contributed by atoms with Crippen molar-refractivity contribution in [1.29, 1.82) is 0 Å². The highest BCUT2D eigenvalue weighted by Crippen LogP contribution is 2.35. The molecule has 8 heteroatoms. The van der Waals surface area contributed by atoms with E-state index in [1.165, 1.54) is 0 Å². The van der Waals surface area contributed by atoms with Crippen molar-refractivity contribution >= 4 is 23.5 Å². The van der Waals surface area contributed by atoms with Gasteiger partial charge in [-0.25, -0.2) is 4.79 Å². The molecule has 1 aliphatic heterocycles. The van der Waals surface area contributed by atoms with Gasteiger partial charge in [-0.15, -0.1) is 0 Å². The number of hydrogen-bond donors (Lipinski definition) is 3. The number of nitrogens with zero attached hydrogens (tertiary/aromatic N) is 2. The van der Waals surface area contributed by atoms with Gasteiger partial charge in [-0.05, 0) is 70.1 Å². The summed E-state index contributed by atoms with van der Waals surface area (Å²) in [5.74, 6) is -0.906. The van der Waals surface area contributed by atoms with Gasteiger partial charge in [0.25, 0.3) is 0 Å². The zero-order chi connectivity index (χ0) is 24.1. The number of amides is 1. The molecule has 182 valence electrons. The summed E-state index contributed by atoms with van der Waals surface area (Å²) in [5, 5.41) is 16.2. The van der Waals surface area contributed by atoms with Gasteiger partial charge < -0.3 is 20.1 Å². The fourth-order valence-electron chi connectivity index (χ4n) is 3.98. The Morgan fingerprint density at radius 3 is 2.64 bits per heavy atom. The largest absolute Gasteiger partial charge is 0.481 e. The lowest BCUT2D eigenvalue weighted by molar-refractivity contribution is -0.145. The maximum atomic E-state index is 12.4. The minimum atomic E-state index is -1.12. The molecule has 1 aromatic rings. The Bertz CT molecular complexity index is 835. The highest BCUT2D eigenvalue weighted by atomic mass is 16.5. The van der Waals surface area contributed by atoms with E-state index in [1.54, 1.807) is 31.3 Å². The maximum Gasteiger partial charge on any atom is 0.411 e. The summed E-state index contributed by atoms with van der Waals surface area (Å²) in [6, 6.07) is 7.22. The van der Waals surface area contributed by atoms with Gasteiger partial charge in [-0.1, -0.05) is 32.0 Å². The predicted molar refractivity (Wildman–Crippen MR) is 132 cm³/mol. The molecule has 3 N–H and O–H groups in total. The first-order valence-corrected chi connectivity index (χ1v) is 11.9. The number of rotatable bonds is 14. The molecule has 33 heavy (non-hydrogen) atoms. The quantitative estimate of drug-likeness (QED) is 0.365. The summed E-state index contributed by atoms with van der Waals surface area (Å²) in [5.41, 5.74) is 0.997. The van der Waals surface area contributed by atoms with E-state index in [4.69, 9.17) is 4.74 Å². The number of carbonyl (C=O) groups excluding carboxylic acids is 1. The number of carboxylic acids is 1. The van der Waals surface area contributed by atoms with Crippen LogP contribution in [0.15, 0.2) is 41.5 Å². The topological polar surface area (TPSA) is 103 Å². The van der Waals surface area contributed by atoms with Gasteiger partial charge in [0.2, 0.25) is 0 Å². The molecule has 1 amide bonds. The molecule has 2 rings (SSSR count). The molecule has 1 heterocycles. The molecular formula is C25H38N4O4. The Kier molecular flexibility index (Phi) is 11.1. The summed E-state index contributed by atoms with van der Waals surface area (Å²) in [7, 11) is 0. The molecule has 0 saturated carbocycles. The van der Waals surface area contributed by atoms with E-state index in [-0.39, 0.29) is 13.0 Å². The Morgan fingerprint density at radius 1 is 1.18 bits per heavy atom. The maximum absolute atomic E-state index is 12.4. The van der Waals surface area contributed by atoms with Crippen LogP contribution in [-0.4, -0.2) is 67.1 Å². The third-order valence-corrected chi connectivity index (χ3v) is 5.93. The van der Waals surface area contributed by atoms with Gasteiger partial charge in [0.1, 0.15) is 0 Å². The lowest BCUT2D eigenvalue weighted by Crippen LogP contribution is -2.38. The highest BCUT2D eigenvalue weighted by molar-refractivity contribution is 5.94. The number of unbranched alkanes of at least 4 members (excludes halogenated alkanes) is 1. The monoisotopic (exact) mass is 458 g/mol. The zero-order valence-corrected chi connectivity index (χ0v) is 20.1. The first-order valence-electron chi connectivity index (χ1n) is 11.9. The molecule has 0 radical (unpaired) electrons. The standard InChI is InChI=1S/C25H38N4O4/c1-4-29(5-2)16-10-9-14-26-19-21-18-25(23(30)31,13-15-27-21)17-20-11-7-8-12-22(20)28-24(32)33-6-3/h7-8,11-13,15,26H,4-6,9-10,14,16-19H2,1-3H3,(H,28,32)(H,30,31). The molecule has 0 spiro atoms. The van der Waals surface area contributed by atoms with E-state index in [1.807, 2.05) is 12.1 Å². The fourth-order valence-corrected chi connectivity index (χ4v) is 3.98. The van der Waals surface area contributed by atoms with Crippen LogP contribution in [0.25, 0.3) is 0 Å². The molecule has 1 aromatic carbocycles. The van der Waals surface area contributed by atoms with E-state index >= 15 is 0 Å². The number of carboxylic acid groups (broad SMARTS) is 1. The SMILES string of the molecule is CCOC(=O)Nc1ccccc1CC1(C(=O)O)C=CN=C(CNCCCCN(CC)CC)C1. The van der Waals surface area contributed by atoms with E-state index in [9.17, 15) is 14.7 Å². The van der Waals surface area contributed by atoms with Crippen molar-refractivity contribution in [2.75, 3.05) is 44.6 Å². The molecule has 0 fully saturated rings. The molecule has 0 saturated heterocycles. The van der Waals surface area contributed by atoms with Crippen molar-refractivity contribution in [1.82, 2.24) is 10.2 Å². The molecule has 0 bridgehead atoms. The Balaban J connectivity index is 1.96. The van der Waals surface area contributed by atoms with Crippen LogP contribution in [0, 0.1) is 5.41 Å². The number of anilines is 1. The average Bonchev–Trinajstić information content (AvgIpc) is 2.80. The van der Waals surface area contributed by atoms with Crippen molar-refractivity contribution < 1.29 is 19.4 Å². The Labute approximate surface area is 197 Å². The van der Waals surface area contributed by atoms with Gasteiger partial charge in [-0.3, -0.25) is 15.1 Å². The number of carbonyl (C=O) groups is 2. The number of nitrogens with one attached hydrogen (secondary N) is 2. The van der Waals surface area contributed by atoms with Crippen molar-refractivity contribution in [3.8, 4) is 0 Å². The molecule has 0 aliphatic carbocycles. The second-order valence-electron chi connectivity index (χ2n) is 8.24. The third-order valence-electron chi connectivity index (χ3n) is 5.93. The molecular weight excluding hydrogens is 420 g/mol. The van der Waals surface area contributed by atoms with Gasteiger partial charge >= 0.3 is 12.1 Å². The molecule has 0 aromatic heterocycles. The molecule has 1 aliphatic rings. The predicted octanol–water partition coefficient (Wildman–Crippen LogP) is 3.94. The molecule has 1 unspecified atom stereocenters. The van der Waals surface area contributed by atoms with Crippen LogP contribution in [0.3, 0.4) is 0 Å². The smallest absolute Gasteiger partial charge is 0.411 e. The molecule has 8 nitrogen and oxygen atoms in total. The van der Waals surface area contributed by atoms with E-state index in [0.717, 1.165) is 50.3 Å². The van der Waals surface area contributed by atoms with Crippen molar-refractivity contribution in [3.05, 3.63) is 42.1 Å². The fraction of sp³-hybridized carbons (Fsp3) is 0.560. The summed E-state index contributed by atoms with van der Waals surface area (Å²) in [6.45, 7) is 11.0. The summed E-state index contributed by atoms with van der Waals surface area (Å²) < 4.78 is 4.97. The van der Waals surface area contributed by atoms with Crippen molar-refractivity contribution in [3.63, 3.8) is 0 Å². The van der Waals surface area contributed by atoms with Crippen molar-refractivity contribution in [2.24, 2.45) is 10.4 Å². The van der Waals surface area contributed by atoms with Crippen LogP contribution in [0.1, 0.15) is 45.6 Å². The average molecular weight is 459 g/mol.